The molecule has 0 spiro atoms. The van der Waals surface area contributed by atoms with Gasteiger partial charge in [-0.1, -0.05) is 0 Å². The lowest BCUT2D eigenvalue weighted by Crippen LogP contribution is -2.46. The maximum atomic E-state index is 12.1. The van der Waals surface area contributed by atoms with E-state index in [-0.39, 0.29) is 29.7 Å². The van der Waals surface area contributed by atoms with Crippen LogP contribution in [0.1, 0.15) is 26.2 Å². The molecule has 0 aromatic carbocycles. The van der Waals surface area contributed by atoms with E-state index in [1.165, 1.54) is 6.42 Å². The number of carbonyl (C=O) groups excluding carboxylic acids is 1. The molecule has 0 saturated carbocycles. The van der Waals surface area contributed by atoms with E-state index in [9.17, 15) is 9.90 Å². The Bertz CT molecular complexity index is 284. The number of hydrogen-bond acceptors (Lipinski definition) is 4. The van der Waals surface area contributed by atoms with Crippen LogP contribution in [0, 0.1) is 5.92 Å². The van der Waals surface area contributed by atoms with Crippen molar-refractivity contribution in [2.45, 2.75) is 49.6 Å². The third kappa shape index (κ3) is 2.77. The largest absolute Gasteiger partial charge is 0.395 e. The van der Waals surface area contributed by atoms with E-state index in [0.717, 1.165) is 12.8 Å². The number of nitrogens with one attached hydrogen (secondary N) is 2. The highest BCUT2D eigenvalue weighted by atomic mass is 32.2. The Labute approximate surface area is 107 Å². The summed E-state index contributed by atoms with van der Waals surface area (Å²) in [6.07, 6.45) is 5.28. The van der Waals surface area contributed by atoms with Crippen molar-refractivity contribution in [2.24, 2.45) is 5.92 Å². The summed E-state index contributed by atoms with van der Waals surface area (Å²) in [6.45, 7) is 2.08. The molecular weight excluding hydrogens is 236 g/mol. The quantitative estimate of drug-likeness (QED) is 0.666. The summed E-state index contributed by atoms with van der Waals surface area (Å²) in [4.78, 5) is 12.1. The highest BCUT2D eigenvalue weighted by Gasteiger charge is 2.43. The summed E-state index contributed by atoms with van der Waals surface area (Å²) < 4.78 is 0. The molecule has 98 valence electrons. The van der Waals surface area contributed by atoms with Crippen molar-refractivity contribution >= 4 is 17.7 Å². The highest BCUT2D eigenvalue weighted by Crippen LogP contribution is 2.33. The van der Waals surface area contributed by atoms with Gasteiger partial charge in [-0.25, -0.2) is 0 Å². The van der Waals surface area contributed by atoms with Crippen LogP contribution in [0.25, 0.3) is 0 Å². The molecule has 0 aliphatic carbocycles. The first-order valence-corrected chi connectivity index (χ1v) is 7.64. The fraction of sp³-hybridized carbons (Fsp3) is 0.917. The van der Waals surface area contributed by atoms with Crippen LogP contribution >= 0.6 is 11.8 Å². The molecule has 0 aromatic rings. The topological polar surface area (TPSA) is 61.4 Å². The molecule has 0 aromatic heterocycles. The second-order valence-corrected chi connectivity index (χ2v) is 6.22. The third-order valence-electron chi connectivity index (χ3n) is 4.05. The van der Waals surface area contributed by atoms with Gasteiger partial charge < -0.3 is 15.7 Å². The number of amides is 1. The summed E-state index contributed by atoms with van der Waals surface area (Å²) in [7, 11) is 0. The Morgan fingerprint density at radius 3 is 2.82 bits per heavy atom. The number of hydrogen-bond donors (Lipinski definition) is 3. The number of fused-ring (bicyclic) bond motifs is 2. The van der Waals surface area contributed by atoms with Gasteiger partial charge in [-0.05, 0) is 32.4 Å². The molecule has 1 amide bonds. The lowest BCUT2D eigenvalue weighted by atomic mass is 9.88. The molecule has 4 nitrogen and oxygen atoms in total. The Morgan fingerprint density at radius 2 is 2.35 bits per heavy atom. The molecule has 5 heteroatoms. The van der Waals surface area contributed by atoms with Crippen molar-refractivity contribution in [3.63, 3.8) is 0 Å². The molecule has 2 aliphatic rings. The third-order valence-corrected chi connectivity index (χ3v) is 5.21. The lowest BCUT2D eigenvalue weighted by molar-refractivity contribution is -0.126. The minimum atomic E-state index is 0.0293. The summed E-state index contributed by atoms with van der Waals surface area (Å²) >= 11 is 1.60. The first kappa shape index (κ1) is 13.2. The summed E-state index contributed by atoms with van der Waals surface area (Å²) in [5.74, 6) is 0.294. The highest BCUT2D eigenvalue weighted by molar-refractivity contribution is 7.99. The summed E-state index contributed by atoms with van der Waals surface area (Å²) in [6, 6.07) is 0.968. The molecule has 17 heavy (non-hydrogen) atoms. The standard InChI is InChI=1S/C12H22N2O2S/c1-7(11(6-15)17-2)13-12(16)9-5-8-3-4-10(9)14-8/h7-11,14-15H,3-6H2,1-2H3,(H,13,16). The van der Waals surface area contributed by atoms with E-state index in [4.69, 9.17) is 0 Å². The van der Waals surface area contributed by atoms with E-state index >= 15 is 0 Å². The fourth-order valence-corrected chi connectivity index (χ4v) is 3.60. The average Bonchev–Trinajstić information content (AvgIpc) is 2.92. The van der Waals surface area contributed by atoms with Crippen LogP contribution in [0.4, 0.5) is 0 Å². The van der Waals surface area contributed by atoms with Crippen molar-refractivity contribution < 1.29 is 9.90 Å². The smallest absolute Gasteiger partial charge is 0.224 e. The van der Waals surface area contributed by atoms with E-state index in [0.29, 0.717) is 12.1 Å². The molecule has 3 N–H and O–H groups in total. The second-order valence-electron chi connectivity index (χ2n) is 5.14. The monoisotopic (exact) mass is 258 g/mol. The Hall–Kier alpha value is -0.260. The van der Waals surface area contributed by atoms with Gasteiger partial charge in [0.15, 0.2) is 0 Å². The second kappa shape index (κ2) is 5.59. The first-order chi connectivity index (χ1) is 8.15. The van der Waals surface area contributed by atoms with Crippen LogP contribution in [0.15, 0.2) is 0 Å². The van der Waals surface area contributed by atoms with Gasteiger partial charge in [0.05, 0.1) is 12.5 Å². The van der Waals surface area contributed by atoms with Crippen molar-refractivity contribution in [1.82, 2.24) is 10.6 Å². The predicted molar refractivity (Wildman–Crippen MR) is 70.0 cm³/mol. The average molecular weight is 258 g/mol. The van der Waals surface area contributed by atoms with Crippen LogP contribution in [0.5, 0.6) is 0 Å². The molecule has 2 rings (SSSR count). The zero-order valence-electron chi connectivity index (χ0n) is 10.5. The van der Waals surface area contributed by atoms with Gasteiger partial charge in [0.25, 0.3) is 0 Å². The molecular formula is C12H22N2O2S. The molecule has 2 aliphatic heterocycles. The Balaban J connectivity index is 1.84. The van der Waals surface area contributed by atoms with Gasteiger partial charge in [0, 0.05) is 23.4 Å². The van der Waals surface area contributed by atoms with Crippen LogP contribution in [-0.2, 0) is 4.79 Å². The van der Waals surface area contributed by atoms with Crippen LogP contribution in [-0.4, -0.2) is 47.3 Å². The maximum absolute atomic E-state index is 12.1. The fourth-order valence-electron chi connectivity index (χ4n) is 2.98. The van der Waals surface area contributed by atoms with Crippen molar-refractivity contribution in [3.8, 4) is 0 Å². The van der Waals surface area contributed by atoms with Gasteiger partial charge in [-0.3, -0.25) is 4.79 Å². The van der Waals surface area contributed by atoms with Gasteiger partial charge in [0.1, 0.15) is 0 Å². The van der Waals surface area contributed by atoms with E-state index in [2.05, 4.69) is 10.6 Å². The first-order valence-electron chi connectivity index (χ1n) is 6.35. The number of aliphatic hydroxyl groups is 1. The minimum absolute atomic E-state index is 0.0293. The van der Waals surface area contributed by atoms with Crippen LogP contribution < -0.4 is 10.6 Å². The molecule has 2 fully saturated rings. The number of carbonyl (C=O) groups is 1. The van der Waals surface area contributed by atoms with E-state index in [1.54, 1.807) is 11.8 Å². The Morgan fingerprint density at radius 1 is 1.59 bits per heavy atom. The van der Waals surface area contributed by atoms with Gasteiger partial charge in [0.2, 0.25) is 5.91 Å². The summed E-state index contributed by atoms with van der Waals surface area (Å²) in [5.41, 5.74) is 0. The normalized spacial score (nSPS) is 34.6. The van der Waals surface area contributed by atoms with Crippen molar-refractivity contribution in [1.29, 1.82) is 0 Å². The molecule has 5 unspecified atom stereocenters. The number of rotatable bonds is 5. The Kier molecular flexibility index (Phi) is 4.33. The van der Waals surface area contributed by atoms with Crippen LogP contribution in [0.3, 0.4) is 0 Å². The molecule has 5 atom stereocenters. The van der Waals surface area contributed by atoms with Gasteiger partial charge in [-0.15, -0.1) is 0 Å². The lowest BCUT2D eigenvalue weighted by Gasteiger charge is -2.25. The zero-order valence-corrected chi connectivity index (χ0v) is 11.3. The summed E-state index contributed by atoms with van der Waals surface area (Å²) in [5, 5.41) is 15.8. The minimum Gasteiger partial charge on any atom is -0.395 e. The maximum Gasteiger partial charge on any atom is 0.224 e. The van der Waals surface area contributed by atoms with Crippen LogP contribution in [0.2, 0.25) is 0 Å². The predicted octanol–water partition coefficient (Wildman–Crippen LogP) is 0.356. The SMILES string of the molecule is CSC(CO)C(C)NC(=O)C1CC2CCC1N2. The molecule has 0 radical (unpaired) electrons. The molecule has 2 heterocycles. The number of thioether (sulfide) groups is 1. The van der Waals surface area contributed by atoms with Gasteiger partial charge >= 0.3 is 0 Å². The van der Waals surface area contributed by atoms with Crippen molar-refractivity contribution in [3.05, 3.63) is 0 Å². The van der Waals surface area contributed by atoms with E-state index < -0.39 is 0 Å². The van der Waals surface area contributed by atoms with Gasteiger partial charge in [-0.2, -0.15) is 11.8 Å². The van der Waals surface area contributed by atoms with Crippen molar-refractivity contribution in [2.75, 3.05) is 12.9 Å². The number of aliphatic hydroxyl groups excluding tert-OH is 1. The molecule has 2 bridgehead atoms. The zero-order chi connectivity index (χ0) is 12.4. The van der Waals surface area contributed by atoms with E-state index in [1.807, 2.05) is 13.2 Å². The molecule has 2 saturated heterocycles.